The molecular weight excluding hydrogens is 767 g/mol. The third-order valence-electron chi connectivity index (χ3n) is 9.66. The topological polar surface area (TPSA) is 0 Å². The molecule has 0 aliphatic rings. The van der Waals surface area contributed by atoms with E-state index in [9.17, 15) is 0 Å². The summed E-state index contributed by atoms with van der Waals surface area (Å²) in [5.41, 5.74) is 14.3. The SMILES string of the molecule is CCCCc1cc2c(-c3ccccc3C(C)C)c(C)ccc2[cH-]1.CCCCc1cc2c(-c3ccccc3C(C)C)c(C)ccc2[cH-]1.C[Si]C.[Cl][Zr+2][Cl]. The Morgan fingerprint density at radius 1 is 0.596 bits per heavy atom. The summed E-state index contributed by atoms with van der Waals surface area (Å²) < 4.78 is 0. The molecule has 0 N–H and O–H groups in total. The molecule has 6 aromatic rings. The van der Waals surface area contributed by atoms with Crippen LogP contribution in [0.25, 0.3) is 43.8 Å². The first-order valence-corrected chi connectivity index (χ1v) is 27.5. The van der Waals surface area contributed by atoms with Crippen molar-refractivity contribution in [1.29, 1.82) is 0 Å². The first-order chi connectivity index (χ1) is 25.1. The van der Waals surface area contributed by atoms with Crippen molar-refractivity contribution in [2.45, 2.75) is 119 Å². The molecule has 0 heterocycles. The van der Waals surface area contributed by atoms with Crippen LogP contribution in [0.15, 0.2) is 97.1 Å². The summed E-state index contributed by atoms with van der Waals surface area (Å²) in [6.45, 7) is 22.4. The third kappa shape index (κ3) is 11.9. The second kappa shape index (κ2) is 22.9. The molecular formula is C48H60Cl2SiZr. The molecule has 4 heteroatoms. The van der Waals surface area contributed by atoms with Crippen LogP contribution >= 0.6 is 17.0 Å². The molecule has 0 aromatic heterocycles. The van der Waals surface area contributed by atoms with Gasteiger partial charge in [-0.3, -0.25) is 0 Å². The molecule has 0 atom stereocenters. The van der Waals surface area contributed by atoms with Crippen LogP contribution in [0.5, 0.6) is 0 Å². The zero-order valence-corrected chi connectivity index (χ0v) is 38.4. The van der Waals surface area contributed by atoms with Crippen molar-refractivity contribution in [3.63, 3.8) is 0 Å². The molecule has 0 aliphatic heterocycles. The zero-order valence-electron chi connectivity index (χ0n) is 33.4. The van der Waals surface area contributed by atoms with E-state index in [2.05, 4.69) is 166 Å². The number of rotatable bonds is 10. The van der Waals surface area contributed by atoms with Gasteiger partial charge in [0.1, 0.15) is 0 Å². The average Bonchev–Trinajstić information content (AvgIpc) is 3.74. The molecule has 0 aliphatic carbocycles. The molecule has 6 rings (SSSR count). The molecule has 0 saturated heterocycles. The molecule has 2 radical (unpaired) electrons. The summed E-state index contributed by atoms with van der Waals surface area (Å²) >= 11 is -0.826. The molecule has 6 aromatic carbocycles. The standard InChI is InChI=1S/2C23H27.C2H6Si.2ClH.Zr/c2*1-5-6-9-18-14-19-13-12-17(4)23(22(19)15-18)21-11-8-7-10-20(21)16(2)3;1-3-2;;;/h2*7-8,10-16H,5-6,9H2,1-4H3;1-2H3;2*1H;/q2*-1;;;;+4/p-2. The van der Waals surface area contributed by atoms with Gasteiger partial charge in [0, 0.05) is 9.52 Å². The van der Waals surface area contributed by atoms with Crippen LogP contribution in [-0.4, -0.2) is 9.52 Å². The Morgan fingerprint density at radius 3 is 1.27 bits per heavy atom. The molecule has 0 saturated carbocycles. The second-order valence-electron chi connectivity index (χ2n) is 14.5. The van der Waals surface area contributed by atoms with E-state index in [1.54, 1.807) is 0 Å². The zero-order chi connectivity index (χ0) is 38.2. The second-order valence-corrected chi connectivity index (χ2v) is 19.2. The van der Waals surface area contributed by atoms with Crippen molar-refractivity contribution < 1.29 is 20.8 Å². The predicted octanol–water partition coefficient (Wildman–Crippen LogP) is 16.2. The van der Waals surface area contributed by atoms with Gasteiger partial charge in [-0.25, -0.2) is 0 Å². The monoisotopic (exact) mass is 824 g/mol. The number of halogens is 2. The molecule has 0 unspecified atom stereocenters. The van der Waals surface area contributed by atoms with Gasteiger partial charge < -0.3 is 0 Å². The van der Waals surface area contributed by atoms with Crippen molar-refractivity contribution in [2.24, 2.45) is 0 Å². The molecule has 52 heavy (non-hydrogen) atoms. The van der Waals surface area contributed by atoms with Crippen molar-refractivity contribution in [3.8, 4) is 22.3 Å². The fourth-order valence-electron chi connectivity index (χ4n) is 7.13. The average molecular weight is 827 g/mol. The maximum atomic E-state index is 4.93. The van der Waals surface area contributed by atoms with Crippen molar-refractivity contribution in [3.05, 3.63) is 130 Å². The predicted molar refractivity (Wildman–Crippen MR) is 234 cm³/mol. The Morgan fingerprint density at radius 2 is 0.942 bits per heavy atom. The summed E-state index contributed by atoms with van der Waals surface area (Å²) in [5, 5.41) is 5.61. The van der Waals surface area contributed by atoms with E-state index in [0.29, 0.717) is 11.8 Å². The molecule has 0 spiro atoms. The quantitative estimate of drug-likeness (QED) is 0.0953. The summed E-state index contributed by atoms with van der Waals surface area (Å²) in [6.07, 6.45) is 7.43. The molecule has 0 amide bonds. The summed E-state index contributed by atoms with van der Waals surface area (Å²) in [5.74, 6) is 1.07. The van der Waals surface area contributed by atoms with Crippen molar-refractivity contribution in [1.82, 2.24) is 0 Å². The number of hydrogen-bond donors (Lipinski definition) is 0. The Balaban J connectivity index is 0.000000244. The number of hydrogen-bond acceptors (Lipinski definition) is 0. The van der Waals surface area contributed by atoms with Gasteiger partial charge >= 0.3 is 37.9 Å². The Labute approximate surface area is 338 Å². The summed E-state index contributed by atoms with van der Waals surface area (Å²) in [6, 6.07) is 36.5. The van der Waals surface area contributed by atoms with Crippen LogP contribution in [0.1, 0.15) is 112 Å². The van der Waals surface area contributed by atoms with Crippen LogP contribution in [0.3, 0.4) is 0 Å². The minimum absolute atomic E-state index is 0.537. The van der Waals surface area contributed by atoms with Crippen molar-refractivity contribution in [2.75, 3.05) is 0 Å². The van der Waals surface area contributed by atoms with E-state index >= 15 is 0 Å². The van der Waals surface area contributed by atoms with Gasteiger partial charge in [0.25, 0.3) is 0 Å². The van der Waals surface area contributed by atoms with Gasteiger partial charge in [-0.05, 0) is 60.8 Å². The normalized spacial score (nSPS) is 10.7. The first kappa shape index (κ1) is 44.2. The van der Waals surface area contributed by atoms with Crippen LogP contribution in [0, 0.1) is 13.8 Å². The van der Waals surface area contributed by atoms with Crippen LogP contribution < -0.4 is 0 Å². The van der Waals surface area contributed by atoms with Gasteiger partial charge in [0.2, 0.25) is 0 Å². The number of benzene rings is 4. The Hall–Kier alpha value is -2.22. The fourth-order valence-corrected chi connectivity index (χ4v) is 7.13. The van der Waals surface area contributed by atoms with Crippen LogP contribution in [0.4, 0.5) is 0 Å². The maximum absolute atomic E-state index is 4.93. The summed E-state index contributed by atoms with van der Waals surface area (Å²) in [7, 11) is 11.0. The Bertz CT molecular complexity index is 1800. The van der Waals surface area contributed by atoms with E-state index in [0.717, 1.165) is 9.52 Å². The van der Waals surface area contributed by atoms with Crippen LogP contribution in [-0.2, 0) is 33.7 Å². The van der Waals surface area contributed by atoms with Gasteiger partial charge in [-0.15, -0.1) is 69.1 Å². The number of unbranched alkanes of at least 4 members (excludes halogenated alkanes) is 2. The molecule has 274 valence electrons. The minimum atomic E-state index is -0.826. The van der Waals surface area contributed by atoms with E-state index in [1.807, 2.05) is 0 Å². The van der Waals surface area contributed by atoms with Crippen molar-refractivity contribution >= 4 is 48.1 Å². The van der Waals surface area contributed by atoms with E-state index < -0.39 is 20.8 Å². The van der Waals surface area contributed by atoms with E-state index in [4.69, 9.17) is 17.0 Å². The molecule has 0 bridgehead atoms. The first-order valence-electron chi connectivity index (χ1n) is 19.2. The fraction of sp³-hybridized carbons (Fsp3) is 0.375. The van der Waals surface area contributed by atoms with E-state index in [-0.39, 0.29) is 0 Å². The number of aryl methyl sites for hydroxylation is 4. The van der Waals surface area contributed by atoms with Gasteiger partial charge in [-0.1, -0.05) is 151 Å². The number of fused-ring (bicyclic) bond motifs is 2. The van der Waals surface area contributed by atoms with E-state index in [1.165, 1.54) is 116 Å². The molecule has 0 fully saturated rings. The summed E-state index contributed by atoms with van der Waals surface area (Å²) in [4.78, 5) is 0. The van der Waals surface area contributed by atoms with Crippen LogP contribution in [0.2, 0.25) is 13.1 Å². The third-order valence-corrected chi connectivity index (χ3v) is 9.66. The molecule has 0 nitrogen and oxygen atoms in total. The Kier molecular flexibility index (Phi) is 19.4. The van der Waals surface area contributed by atoms with Gasteiger partial charge in [0.05, 0.1) is 0 Å². The van der Waals surface area contributed by atoms with Gasteiger partial charge in [-0.2, -0.15) is 12.1 Å². The van der Waals surface area contributed by atoms with Gasteiger partial charge in [0.15, 0.2) is 0 Å².